The Labute approximate surface area is 87.4 Å². The van der Waals surface area contributed by atoms with Crippen molar-refractivity contribution in [1.82, 2.24) is 15.0 Å². The van der Waals surface area contributed by atoms with Gasteiger partial charge in [-0.2, -0.15) is 15.0 Å². The summed E-state index contributed by atoms with van der Waals surface area (Å²) < 4.78 is 0. The smallest absolute Gasteiger partial charge is 0.225 e. The zero-order valence-corrected chi connectivity index (χ0v) is 8.69. The van der Waals surface area contributed by atoms with Crippen molar-refractivity contribution in [2.45, 2.75) is 19.8 Å². The van der Waals surface area contributed by atoms with Crippen LogP contribution in [0.3, 0.4) is 0 Å². The van der Waals surface area contributed by atoms with Gasteiger partial charge >= 0.3 is 0 Å². The Morgan fingerprint density at radius 3 is 2.13 bits per heavy atom. The highest BCUT2D eigenvalue weighted by Gasteiger charge is 2.19. The van der Waals surface area contributed by atoms with Crippen LogP contribution < -0.4 is 11.5 Å². The molecule has 0 spiro atoms. The van der Waals surface area contributed by atoms with E-state index in [1.807, 2.05) is 0 Å². The molecule has 1 heterocycles. The standard InChI is InChI=1S/C9H13N5O/c1-4(2)6(15)5(3)7-12-8(10)14-9(11)13-7/h5H,1H2,2-3H3,(H4,10,11,12,13,14). The second kappa shape index (κ2) is 4.04. The van der Waals surface area contributed by atoms with Crippen molar-refractivity contribution in [2.75, 3.05) is 11.5 Å². The first-order chi connectivity index (χ1) is 6.91. The molecule has 1 rings (SSSR count). The lowest BCUT2D eigenvalue weighted by molar-refractivity contribution is -0.116. The van der Waals surface area contributed by atoms with Crippen LogP contribution in [0.15, 0.2) is 12.2 Å². The Morgan fingerprint density at radius 1 is 1.27 bits per heavy atom. The van der Waals surface area contributed by atoms with Gasteiger partial charge in [0, 0.05) is 0 Å². The summed E-state index contributed by atoms with van der Waals surface area (Å²) in [6, 6.07) is 0. The van der Waals surface area contributed by atoms with Crippen molar-refractivity contribution >= 4 is 17.7 Å². The van der Waals surface area contributed by atoms with Gasteiger partial charge in [0.1, 0.15) is 5.82 Å². The number of nitrogens with zero attached hydrogens (tertiary/aromatic N) is 3. The van der Waals surface area contributed by atoms with E-state index < -0.39 is 5.92 Å². The molecule has 1 atom stereocenters. The molecule has 0 aliphatic rings. The SMILES string of the molecule is C=C(C)C(=O)C(C)c1nc(N)nc(N)n1. The topological polar surface area (TPSA) is 108 Å². The van der Waals surface area contributed by atoms with E-state index in [0.29, 0.717) is 5.57 Å². The molecule has 0 radical (unpaired) electrons. The van der Waals surface area contributed by atoms with Crippen LogP contribution in [0.1, 0.15) is 25.6 Å². The molecule has 80 valence electrons. The third-order valence-electron chi connectivity index (χ3n) is 1.89. The summed E-state index contributed by atoms with van der Waals surface area (Å²) in [5.41, 5.74) is 11.2. The van der Waals surface area contributed by atoms with E-state index in [1.165, 1.54) is 0 Å². The van der Waals surface area contributed by atoms with E-state index in [1.54, 1.807) is 13.8 Å². The fraction of sp³-hybridized carbons (Fsp3) is 0.333. The van der Waals surface area contributed by atoms with Gasteiger partial charge in [-0.15, -0.1) is 0 Å². The summed E-state index contributed by atoms with van der Waals surface area (Å²) in [5.74, 6) is -0.346. The van der Waals surface area contributed by atoms with Gasteiger partial charge in [0.2, 0.25) is 11.9 Å². The number of nitrogen functional groups attached to an aromatic ring is 2. The molecule has 0 bridgehead atoms. The fourth-order valence-electron chi connectivity index (χ4n) is 1.11. The van der Waals surface area contributed by atoms with Gasteiger partial charge in [-0.05, 0) is 19.4 Å². The minimum atomic E-state index is -0.505. The summed E-state index contributed by atoms with van der Waals surface area (Å²) in [5, 5.41) is 0. The van der Waals surface area contributed by atoms with Crippen molar-refractivity contribution in [3.05, 3.63) is 18.0 Å². The molecular formula is C9H13N5O. The third-order valence-corrected chi connectivity index (χ3v) is 1.89. The van der Waals surface area contributed by atoms with Crippen LogP contribution in [-0.4, -0.2) is 20.7 Å². The maximum Gasteiger partial charge on any atom is 0.225 e. The number of hydrogen-bond acceptors (Lipinski definition) is 6. The van der Waals surface area contributed by atoms with E-state index in [2.05, 4.69) is 21.5 Å². The number of Topliss-reactive ketones (excluding diaryl/α,β-unsaturated/α-hetero) is 1. The van der Waals surface area contributed by atoms with Gasteiger partial charge in [-0.3, -0.25) is 4.79 Å². The highest BCUT2D eigenvalue weighted by molar-refractivity contribution is 5.98. The summed E-state index contributed by atoms with van der Waals surface area (Å²) in [6.45, 7) is 6.87. The molecule has 4 N–H and O–H groups in total. The van der Waals surface area contributed by atoms with Crippen molar-refractivity contribution < 1.29 is 4.79 Å². The number of rotatable bonds is 3. The van der Waals surface area contributed by atoms with Crippen LogP contribution in [0, 0.1) is 0 Å². The van der Waals surface area contributed by atoms with E-state index in [0.717, 1.165) is 0 Å². The molecule has 1 aromatic rings. The maximum atomic E-state index is 11.6. The van der Waals surface area contributed by atoms with E-state index >= 15 is 0 Å². The first-order valence-corrected chi connectivity index (χ1v) is 4.38. The molecule has 0 aliphatic heterocycles. The first kappa shape index (κ1) is 11.1. The zero-order valence-electron chi connectivity index (χ0n) is 8.69. The number of aromatic nitrogens is 3. The van der Waals surface area contributed by atoms with Gasteiger partial charge in [0.15, 0.2) is 5.78 Å². The number of carbonyl (C=O) groups is 1. The van der Waals surface area contributed by atoms with Crippen LogP contribution >= 0.6 is 0 Å². The normalized spacial score (nSPS) is 12.1. The fourth-order valence-corrected chi connectivity index (χ4v) is 1.11. The van der Waals surface area contributed by atoms with Crippen molar-refractivity contribution in [3.8, 4) is 0 Å². The largest absolute Gasteiger partial charge is 0.368 e. The van der Waals surface area contributed by atoms with Crippen molar-refractivity contribution in [1.29, 1.82) is 0 Å². The van der Waals surface area contributed by atoms with E-state index in [9.17, 15) is 4.79 Å². The molecule has 1 aromatic heterocycles. The number of carbonyl (C=O) groups excluding carboxylic acids is 1. The van der Waals surface area contributed by atoms with Crippen molar-refractivity contribution in [2.24, 2.45) is 0 Å². The Morgan fingerprint density at radius 2 is 1.73 bits per heavy atom. The van der Waals surface area contributed by atoms with Gasteiger partial charge in [0.05, 0.1) is 5.92 Å². The maximum absolute atomic E-state index is 11.6. The summed E-state index contributed by atoms with van der Waals surface area (Å²) in [6.07, 6.45) is 0. The average Bonchev–Trinajstić information content (AvgIpc) is 2.13. The first-order valence-electron chi connectivity index (χ1n) is 4.38. The number of nitrogens with two attached hydrogens (primary N) is 2. The molecule has 0 saturated carbocycles. The highest BCUT2D eigenvalue weighted by Crippen LogP contribution is 2.16. The molecule has 0 saturated heterocycles. The van der Waals surface area contributed by atoms with Gasteiger partial charge in [0.25, 0.3) is 0 Å². The van der Waals surface area contributed by atoms with Crippen LogP contribution in [0.5, 0.6) is 0 Å². The number of allylic oxidation sites excluding steroid dienone is 1. The minimum absolute atomic E-state index is 0.0128. The summed E-state index contributed by atoms with van der Waals surface area (Å²) in [7, 11) is 0. The molecular weight excluding hydrogens is 194 g/mol. The second-order valence-corrected chi connectivity index (χ2v) is 3.28. The van der Waals surface area contributed by atoms with Crippen LogP contribution in [-0.2, 0) is 4.79 Å². The Bertz CT molecular complexity index is 395. The minimum Gasteiger partial charge on any atom is -0.368 e. The van der Waals surface area contributed by atoms with E-state index in [4.69, 9.17) is 11.5 Å². The second-order valence-electron chi connectivity index (χ2n) is 3.28. The molecule has 6 nitrogen and oxygen atoms in total. The Kier molecular flexibility index (Phi) is 2.99. The van der Waals surface area contributed by atoms with Gasteiger partial charge in [-0.1, -0.05) is 6.58 Å². The zero-order chi connectivity index (χ0) is 11.6. The number of hydrogen-bond donors (Lipinski definition) is 2. The molecule has 6 heteroatoms. The molecule has 15 heavy (non-hydrogen) atoms. The predicted molar refractivity (Wildman–Crippen MR) is 56.9 cm³/mol. The lowest BCUT2D eigenvalue weighted by atomic mass is 10.0. The van der Waals surface area contributed by atoms with Crippen LogP contribution in [0.25, 0.3) is 0 Å². The lowest BCUT2D eigenvalue weighted by Gasteiger charge is -2.09. The summed E-state index contributed by atoms with van der Waals surface area (Å²) >= 11 is 0. The number of anilines is 2. The molecule has 0 aromatic carbocycles. The molecule has 0 fully saturated rings. The Balaban J connectivity index is 3.06. The Hall–Kier alpha value is -1.98. The quantitative estimate of drug-likeness (QED) is 0.689. The monoisotopic (exact) mass is 207 g/mol. The van der Waals surface area contributed by atoms with Crippen LogP contribution in [0.4, 0.5) is 11.9 Å². The third kappa shape index (κ3) is 2.49. The van der Waals surface area contributed by atoms with Gasteiger partial charge in [-0.25, -0.2) is 0 Å². The predicted octanol–water partition coefficient (Wildman–Crippen LogP) is 0.285. The highest BCUT2D eigenvalue weighted by atomic mass is 16.1. The van der Waals surface area contributed by atoms with Crippen LogP contribution in [0.2, 0.25) is 0 Å². The summed E-state index contributed by atoms with van der Waals surface area (Å²) in [4.78, 5) is 22.9. The number of ketones is 1. The molecule has 0 aliphatic carbocycles. The van der Waals surface area contributed by atoms with Crippen molar-refractivity contribution in [3.63, 3.8) is 0 Å². The lowest BCUT2D eigenvalue weighted by Crippen LogP contribution is -2.16. The molecule has 1 unspecified atom stereocenters. The molecule has 0 amide bonds. The van der Waals surface area contributed by atoms with E-state index in [-0.39, 0.29) is 23.5 Å². The van der Waals surface area contributed by atoms with Gasteiger partial charge < -0.3 is 11.5 Å². The average molecular weight is 207 g/mol.